The topological polar surface area (TPSA) is 38.8 Å². The Kier molecular flexibility index (Phi) is 3.67. The number of rotatable bonds is 3. The van der Waals surface area contributed by atoms with E-state index < -0.39 is 0 Å². The maximum atomic E-state index is 12.4. The summed E-state index contributed by atoms with van der Waals surface area (Å²) in [6, 6.07) is 9.25. The Morgan fingerprint density at radius 1 is 1.30 bits per heavy atom. The zero-order valence-corrected chi connectivity index (χ0v) is 13.2. The number of nitrogens with zero attached hydrogens (tertiary/aromatic N) is 1. The standard InChI is InChI=1S/C14H12BrNO3S/c1-16(7-10-3-5-13(15)20-10)14(17)9-2-4-11-12(6-9)19-8-18-11/h2-6H,7-8H2,1H3. The number of hydrogen-bond donors (Lipinski definition) is 0. The van der Waals surface area contributed by atoms with Crippen molar-refractivity contribution in [3.63, 3.8) is 0 Å². The summed E-state index contributed by atoms with van der Waals surface area (Å²) in [5.41, 5.74) is 0.604. The fraction of sp³-hybridized carbons (Fsp3) is 0.214. The molecule has 4 nitrogen and oxygen atoms in total. The van der Waals surface area contributed by atoms with Crippen LogP contribution in [0.25, 0.3) is 0 Å². The summed E-state index contributed by atoms with van der Waals surface area (Å²) in [5, 5.41) is 0. The summed E-state index contributed by atoms with van der Waals surface area (Å²) in [6.45, 7) is 0.801. The minimum atomic E-state index is -0.0344. The number of halogens is 1. The molecule has 1 amide bonds. The van der Waals surface area contributed by atoms with Gasteiger partial charge in [-0.2, -0.15) is 0 Å². The van der Waals surface area contributed by atoms with Gasteiger partial charge in [-0.1, -0.05) is 0 Å². The molecule has 0 radical (unpaired) electrons. The fourth-order valence-corrected chi connectivity index (χ4v) is 3.53. The van der Waals surface area contributed by atoms with Crippen molar-refractivity contribution in [1.82, 2.24) is 4.90 Å². The third-order valence-electron chi connectivity index (χ3n) is 2.99. The molecule has 0 unspecified atom stereocenters. The Bertz CT molecular complexity index is 656. The molecule has 104 valence electrons. The third kappa shape index (κ3) is 2.66. The molecule has 2 heterocycles. The highest BCUT2D eigenvalue weighted by Gasteiger charge is 2.18. The highest BCUT2D eigenvalue weighted by Crippen LogP contribution is 2.33. The first-order chi connectivity index (χ1) is 9.63. The highest BCUT2D eigenvalue weighted by atomic mass is 79.9. The molecule has 0 saturated carbocycles. The molecule has 1 aromatic heterocycles. The van der Waals surface area contributed by atoms with Crippen molar-refractivity contribution in [3.05, 3.63) is 44.6 Å². The first-order valence-corrected chi connectivity index (χ1v) is 7.64. The lowest BCUT2D eigenvalue weighted by molar-refractivity contribution is 0.0786. The Labute approximate surface area is 129 Å². The van der Waals surface area contributed by atoms with Gasteiger partial charge >= 0.3 is 0 Å². The fourth-order valence-electron chi connectivity index (χ4n) is 1.99. The van der Waals surface area contributed by atoms with Crippen LogP contribution in [0.15, 0.2) is 34.1 Å². The van der Waals surface area contributed by atoms with E-state index in [0.717, 1.165) is 8.66 Å². The number of ether oxygens (including phenoxy) is 2. The molecule has 0 fully saturated rings. The second-order valence-electron chi connectivity index (χ2n) is 4.44. The van der Waals surface area contributed by atoms with E-state index in [2.05, 4.69) is 15.9 Å². The van der Waals surface area contributed by atoms with Gasteiger partial charge in [0.25, 0.3) is 5.91 Å². The molecule has 0 N–H and O–H groups in total. The van der Waals surface area contributed by atoms with Gasteiger partial charge in [0, 0.05) is 17.5 Å². The number of carbonyl (C=O) groups is 1. The molecule has 1 aliphatic heterocycles. The average molecular weight is 354 g/mol. The molecule has 0 aliphatic carbocycles. The lowest BCUT2D eigenvalue weighted by Gasteiger charge is -2.16. The number of thiophene rings is 1. The van der Waals surface area contributed by atoms with Crippen LogP contribution in [-0.2, 0) is 6.54 Å². The summed E-state index contributed by atoms with van der Waals surface area (Å²) in [5.74, 6) is 1.28. The van der Waals surface area contributed by atoms with Gasteiger partial charge in [0.1, 0.15) is 0 Å². The smallest absolute Gasteiger partial charge is 0.254 e. The highest BCUT2D eigenvalue weighted by molar-refractivity contribution is 9.11. The second kappa shape index (κ2) is 5.46. The van der Waals surface area contributed by atoms with Crippen molar-refractivity contribution in [2.45, 2.75) is 6.54 Å². The molecule has 1 aromatic carbocycles. The van der Waals surface area contributed by atoms with Crippen LogP contribution in [0.1, 0.15) is 15.2 Å². The number of fused-ring (bicyclic) bond motifs is 1. The van der Waals surface area contributed by atoms with Crippen LogP contribution >= 0.6 is 27.3 Å². The Hall–Kier alpha value is -1.53. The minimum absolute atomic E-state index is 0.0344. The molecule has 1 aliphatic rings. The molecular weight excluding hydrogens is 342 g/mol. The largest absolute Gasteiger partial charge is 0.454 e. The van der Waals surface area contributed by atoms with Gasteiger partial charge in [0.15, 0.2) is 11.5 Å². The first-order valence-electron chi connectivity index (χ1n) is 6.03. The van der Waals surface area contributed by atoms with E-state index in [1.54, 1.807) is 41.5 Å². The number of benzene rings is 1. The molecule has 6 heteroatoms. The lowest BCUT2D eigenvalue weighted by Crippen LogP contribution is -2.25. The molecule has 3 rings (SSSR count). The van der Waals surface area contributed by atoms with E-state index in [-0.39, 0.29) is 12.7 Å². The maximum absolute atomic E-state index is 12.4. The van der Waals surface area contributed by atoms with Gasteiger partial charge in [-0.25, -0.2) is 0 Å². The van der Waals surface area contributed by atoms with Crippen LogP contribution in [0.3, 0.4) is 0 Å². The first kappa shape index (κ1) is 13.5. The zero-order chi connectivity index (χ0) is 14.1. The average Bonchev–Trinajstić information content (AvgIpc) is 3.05. The van der Waals surface area contributed by atoms with E-state index in [1.807, 2.05) is 12.1 Å². The molecule has 0 bridgehead atoms. The van der Waals surface area contributed by atoms with Crippen molar-refractivity contribution in [2.24, 2.45) is 0 Å². The van der Waals surface area contributed by atoms with Crippen LogP contribution in [0, 0.1) is 0 Å². The van der Waals surface area contributed by atoms with E-state index in [9.17, 15) is 4.79 Å². The van der Waals surface area contributed by atoms with E-state index in [4.69, 9.17) is 9.47 Å². The molecule has 0 spiro atoms. The van der Waals surface area contributed by atoms with E-state index in [0.29, 0.717) is 23.6 Å². The van der Waals surface area contributed by atoms with Gasteiger partial charge in [0.2, 0.25) is 6.79 Å². The lowest BCUT2D eigenvalue weighted by atomic mass is 10.2. The molecule has 2 aromatic rings. The Balaban J connectivity index is 1.74. The number of amides is 1. The van der Waals surface area contributed by atoms with Crippen molar-refractivity contribution >= 4 is 33.2 Å². The van der Waals surface area contributed by atoms with Gasteiger partial charge in [0.05, 0.1) is 10.3 Å². The summed E-state index contributed by atoms with van der Waals surface area (Å²) in [7, 11) is 1.79. The summed E-state index contributed by atoms with van der Waals surface area (Å²) >= 11 is 5.05. The van der Waals surface area contributed by atoms with Crippen molar-refractivity contribution < 1.29 is 14.3 Å². The molecular formula is C14H12BrNO3S. The summed E-state index contributed by atoms with van der Waals surface area (Å²) < 4.78 is 11.6. The second-order valence-corrected chi connectivity index (χ2v) is 6.98. The molecule has 20 heavy (non-hydrogen) atoms. The van der Waals surface area contributed by atoms with Gasteiger partial charge < -0.3 is 14.4 Å². The van der Waals surface area contributed by atoms with Gasteiger partial charge in [-0.3, -0.25) is 4.79 Å². The van der Waals surface area contributed by atoms with Crippen LogP contribution in [0.5, 0.6) is 11.5 Å². The number of hydrogen-bond acceptors (Lipinski definition) is 4. The monoisotopic (exact) mass is 353 g/mol. The Morgan fingerprint density at radius 2 is 2.10 bits per heavy atom. The van der Waals surface area contributed by atoms with E-state index in [1.165, 1.54) is 0 Å². The zero-order valence-electron chi connectivity index (χ0n) is 10.8. The molecule has 0 atom stereocenters. The van der Waals surface area contributed by atoms with E-state index >= 15 is 0 Å². The van der Waals surface area contributed by atoms with Crippen molar-refractivity contribution in [2.75, 3.05) is 13.8 Å². The van der Waals surface area contributed by atoms with Crippen LogP contribution < -0.4 is 9.47 Å². The molecule has 0 saturated heterocycles. The van der Waals surface area contributed by atoms with Crippen LogP contribution in [0.4, 0.5) is 0 Å². The number of carbonyl (C=O) groups excluding carboxylic acids is 1. The summed E-state index contributed by atoms with van der Waals surface area (Å²) in [4.78, 5) is 15.2. The quantitative estimate of drug-likeness (QED) is 0.847. The third-order valence-corrected chi connectivity index (χ3v) is 4.60. The minimum Gasteiger partial charge on any atom is -0.454 e. The predicted molar refractivity (Wildman–Crippen MR) is 80.4 cm³/mol. The van der Waals surface area contributed by atoms with Gasteiger partial charge in [-0.05, 0) is 46.3 Å². The van der Waals surface area contributed by atoms with Crippen molar-refractivity contribution in [3.8, 4) is 11.5 Å². The van der Waals surface area contributed by atoms with Crippen LogP contribution in [-0.4, -0.2) is 24.6 Å². The van der Waals surface area contributed by atoms with Crippen molar-refractivity contribution in [1.29, 1.82) is 0 Å². The maximum Gasteiger partial charge on any atom is 0.254 e. The summed E-state index contributed by atoms with van der Waals surface area (Å²) in [6.07, 6.45) is 0. The Morgan fingerprint density at radius 3 is 2.85 bits per heavy atom. The van der Waals surface area contributed by atoms with Crippen LogP contribution in [0.2, 0.25) is 0 Å². The normalized spacial score (nSPS) is 12.5. The predicted octanol–water partition coefficient (Wildman–Crippen LogP) is 3.51. The SMILES string of the molecule is CN(Cc1ccc(Br)s1)C(=O)c1ccc2c(c1)OCO2. The van der Waals surface area contributed by atoms with Gasteiger partial charge in [-0.15, -0.1) is 11.3 Å².